The molecule has 0 spiro atoms. The first-order valence-corrected chi connectivity index (χ1v) is 5.97. The maximum atomic E-state index is 11.7. The van der Waals surface area contributed by atoms with Gasteiger partial charge in [0.2, 0.25) is 0 Å². The van der Waals surface area contributed by atoms with Crippen LogP contribution in [0.5, 0.6) is 0 Å². The summed E-state index contributed by atoms with van der Waals surface area (Å²) in [7, 11) is 1.40. The van der Waals surface area contributed by atoms with Crippen molar-refractivity contribution in [1.82, 2.24) is 0 Å². The zero-order valence-corrected chi connectivity index (χ0v) is 11.4. The largest absolute Gasteiger partial charge is 0.489 e. The van der Waals surface area contributed by atoms with Crippen molar-refractivity contribution < 1.29 is 14.3 Å². The smallest absolute Gasteiger partial charge is 0.337 e. The molecule has 3 heteroatoms. The molecule has 0 saturated carbocycles. The van der Waals surface area contributed by atoms with Crippen molar-refractivity contribution in [3.05, 3.63) is 23.5 Å². The first-order valence-electron chi connectivity index (χ1n) is 5.97. The van der Waals surface area contributed by atoms with Crippen LogP contribution in [0.3, 0.4) is 0 Å². The van der Waals surface area contributed by atoms with Gasteiger partial charge in [0.05, 0.1) is 12.7 Å². The topological polar surface area (TPSA) is 35.5 Å². The monoisotopic (exact) mass is 238 g/mol. The van der Waals surface area contributed by atoms with Crippen molar-refractivity contribution >= 4 is 5.97 Å². The number of methoxy groups -OCH3 is 1. The van der Waals surface area contributed by atoms with Crippen molar-refractivity contribution in [3.63, 3.8) is 0 Å². The van der Waals surface area contributed by atoms with Crippen LogP contribution in [0.2, 0.25) is 0 Å². The number of ether oxygens (including phenoxy) is 2. The molecule has 1 aliphatic rings. The molecule has 0 aromatic carbocycles. The van der Waals surface area contributed by atoms with Crippen molar-refractivity contribution in [3.8, 4) is 0 Å². The fraction of sp³-hybridized carbons (Fsp3) is 0.643. The Kier molecular flexibility index (Phi) is 4.02. The summed E-state index contributed by atoms with van der Waals surface area (Å²) < 4.78 is 10.7. The van der Waals surface area contributed by atoms with Crippen molar-refractivity contribution in [2.45, 2.75) is 46.6 Å². The molecule has 0 N–H and O–H groups in total. The van der Waals surface area contributed by atoms with E-state index in [0.29, 0.717) is 12.0 Å². The Bertz CT molecular complexity index is 358. The molecule has 0 aliphatic carbocycles. The predicted molar refractivity (Wildman–Crippen MR) is 67.4 cm³/mol. The Hall–Kier alpha value is -1.25. The molecule has 0 aromatic rings. The molecule has 1 aliphatic heterocycles. The molecular formula is C14H22O3. The normalized spacial score (nSPS) is 20.2. The summed E-state index contributed by atoms with van der Waals surface area (Å²) in [4.78, 5) is 11.7. The van der Waals surface area contributed by atoms with Crippen LogP contribution in [0.1, 0.15) is 40.5 Å². The van der Waals surface area contributed by atoms with Gasteiger partial charge in [0, 0.05) is 11.8 Å². The second-order valence-corrected chi connectivity index (χ2v) is 5.37. The van der Waals surface area contributed by atoms with Gasteiger partial charge in [-0.05, 0) is 12.0 Å². The third kappa shape index (κ3) is 2.90. The Balaban J connectivity index is 3.00. The van der Waals surface area contributed by atoms with Crippen molar-refractivity contribution in [2.75, 3.05) is 7.11 Å². The fourth-order valence-electron chi connectivity index (χ4n) is 1.92. The van der Waals surface area contributed by atoms with Gasteiger partial charge in [0.1, 0.15) is 11.9 Å². The average molecular weight is 238 g/mol. The maximum absolute atomic E-state index is 11.7. The number of hydrogen-bond donors (Lipinski definition) is 0. The van der Waals surface area contributed by atoms with Gasteiger partial charge in [-0.15, -0.1) is 0 Å². The molecule has 1 rings (SSSR count). The standard InChI is InChI=1S/C14H22O3/c1-7-9(2)11-8-10(13(15)16-6)12(17-11)14(3,4)5/h11H,2,7-8H2,1,3-6H3. The zero-order chi connectivity index (χ0) is 13.2. The summed E-state index contributed by atoms with van der Waals surface area (Å²) >= 11 is 0. The molecule has 0 bridgehead atoms. The minimum absolute atomic E-state index is 0.0803. The first-order chi connectivity index (χ1) is 7.81. The summed E-state index contributed by atoms with van der Waals surface area (Å²) in [6.45, 7) is 12.1. The summed E-state index contributed by atoms with van der Waals surface area (Å²) in [5.41, 5.74) is 1.48. The SMILES string of the molecule is C=C(CC)C1CC(C(=O)OC)=C(C(C)(C)C)O1. The third-order valence-corrected chi connectivity index (χ3v) is 2.95. The zero-order valence-electron chi connectivity index (χ0n) is 11.4. The number of carbonyl (C=O) groups excluding carboxylic acids is 1. The van der Waals surface area contributed by atoms with Gasteiger partial charge in [0.15, 0.2) is 0 Å². The average Bonchev–Trinajstić information content (AvgIpc) is 2.71. The molecule has 0 aromatic heterocycles. The van der Waals surface area contributed by atoms with E-state index in [-0.39, 0.29) is 17.5 Å². The van der Waals surface area contributed by atoms with Gasteiger partial charge in [-0.1, -0.05) is 34.3 Å². The molecule has 1 heterocycles. The van der Waals surface area contributed by atoms with E-state index >= 15 is 0 Å². The Labute approximate surface area is 103 Å². The third-order valence-electron chi connectivity index (χ3n) is 2.95. The molecule has 0 radical (unpaired) electrons. The lowest BCUT2D eigenvalue weighted by Gasteiger charge is -2.23. The van der Waals surface area contributed by atoms with E-state index in [1.165, 1.54) is 7.11 Å². The summed E-state index contributed by atoms with van der Waals surface area (Å²) in [5, 5.41) is 0. The van der Waals surface area contributed by atoms with E-state index in [0.717, 1.165) is 17.8 Å². The second-order valence-electron chi connectivity index (χ2n) is 5.37. The summed E-state index contributed by atoms with van der Waals surface area (Å²) in [6.07, 6.45) is 1.35. The fourth-order valence-corrected chi connectivity index (χ4v) is 1.92. The van der Waals surface area contributed by atoms with Crippen LogP contribution in [0.4, 0.5) is 0 Å². The van der Waals surface area contributed by atoms with Crippen LogP contribution < -0.4 is 0 Å². The van der Waals surface area contributed by atoms with Crippen LogP contribution in [0, 0.1) is 5.41 Å². The summed E-state index contributed by atoms with van der Waals surface area (Å²) in [6, 6.07) is 0. The molecule has 0 fully saturated rings. The highest BCUT2D eigenvalue weighted by atomic mass is 16.5. The predicted octanol–water partition coefficient (Wildman–Crippen LogP) is 3.21. The van der Waals surface area contributed by atoms with E-state index < -0.39 is 0 Å². The number of allylic oxidation sites excluding steroid dienone is 1. The van der Waals surface area contributed by atoms with E-state index in [2.05, 4.69) is 6.58 Å². The lowest BCUT2D eigenvalue weighted by Crippen LogP contribution is -2.16. The highest BCUT2D eigenvalue weighted by Gasteiger charge is 2.37. The molecular weight excluding hydrogens is 216 g/mol. The number of esters is 1. The molecule has 0 saturated heterocycles. The molecule has 0 amide bonds. The second kappa shape index (κ2) is 4.94. The van der Waals surface area contributed by atoms with E-state index in [4.69, 9.17) is 9.47 Å². The lowest BCUT2D eigenvalue weighted by molar-refractivity contribution is -0.136. The molecule has 3 nitrogen and oxygen atoms in total. The van der Waals surface area contributed by atoms with Gasteiger partial charge in [-0.2, -0.15) is 0 Å². The highest BCUT2D eigenvalue weighted by molar-refractivity contribution is 5.89. The molecule has 1 atom stereocenters. The van der Waals surface area contributed by atoms with Crippen LogP contribution in [-0.4, -0.2) is 19.2 Å². The minimum atomic E-state index is -0.290. The number of rotatable bonds is 3. The van der Waals surface area contributed by atoms with Gasteiger partial charge >= 0.3 is 5.97 Å². The Morgan fingerprint density at radius 1 is 1.53 bits per heavy atom. The van der Waals surface area contributed by atoms with Crippen molar-refractivity contribution in [2.24, 2.45) is 5.41 Å². The first kappa shape index (κ1) is 13.8. The summed E-state index contributed by atoms with van der Waals surface area (Å²) in [5.74, 6) is 0.449. The van der Waals surface area contributed by atoms with E-state index in [1.54, 1.807) is 0 Å². The van der Waals surface area contributed by atoms with Gasteiger partial charge in [-0.25, -0.2) is 4.79 Å². The van der Waals surface area contributed by atoms with Crippen LogP contribution >= 0.6 is 0 Å². The highest BCUT2D eigenvalue weighted by Crippen LogP contribution is 2.39. The Morgan fingerprint density at radius 3 is 2.53 bits per heavy atom. The lowest BCUT2D eigenvalue weighted by atomic mass is 9.90. The van der Waals surface area contributed by atoms with Crippen molar-refractivity contribution in [1.29, 1.82) is 0 Å². The Morgan fingerprint density at radius 2 is 2.12 bits per heavy atom. The van der Waals surface area contributed by atoms with E-state index in [9.17, 15) is 4.79 Å². The quantitative estimate of drug-likeness (QED) is 0.559. The maximum Gasteiger partial charge on any atom is 0.337 e. The molecule has 17 heavy (non-hydrogen) atoms. The number of carbonyl (C=O) groups is 1. The van der Waals surface area contributed by atoms with Crippen LogP contribution in [0.25, 0.3) is 0 Å². The van der Waals surface area contributed by atoms with Crippen LogP contribution in [-0.2, 0) is 14.3 Å². The molecule has 96 valence electrons. The molecule has 1 unspecified atom stereocenters. The van der Waals surface area contributed by atoms with Crippen LogP contribution in [0.15, 0.2) is 23.5 Å². The van der Waals surface area contributed by atoms with E-state index in [1.807, 2.05) is 27.7 Å². The van der Waals surface area contributed by atoms with Gasteiger partial charge < -0.3 is 9.47 Å². The minimum Gasteiger partial charge on any atom is -0.489 e. The van der Waals surface area contributed by atoms with Gasteiger partial charge in [-0.3, -0.25) is 0 Å². The van der Waals surface area contributed by atoms with Gasteiger partial charge in [0.25, 0.3) is 0 Å². The number of hydrogen-bond acceptors (Lipinski definition) is 3.